The van der Waals surface area contributed by atoms with Gasteiger partial charge in [-0.15, -0.1) is 0 Å². The molecular weight excluding hydrogens is 340 g/mol. The molecule has 2 amide bonds. The zero-order valence-corrected chi connectivity index (χ0v) is 14.5. The average molecular weight is 358 g/mol. The van der Waals surface area contributed by atoms with Gasteiger partial charge in [0.25, 0.3) is 5.91 Å². The molecule has 0 aliphatic rings. The molecule has 0 saturated heterocycles. The van der Waals surface area contributed by atoms with E-state index in [-0.39, 0.29) is 24.0 Å². The summed E-state index contributed by atoms with van der Waals surface area (Å²) in [5.41, 5.74) is 5.93. The predicted molar refractivity (Wildman–Crippen MR) is 95.8 cm³/mol. The number of nitrogens with two attached hydrogens (primary N) is 1. The summed E-state index contributed by atoms with van der Waals surface area (Å²) < 4.78 is 5.07. The number of rotatable bonds is 7. The molecule has 2 aromatic carbocycles. The monoisotopic (exact) mass is 358 g/mol. The van der Waals surface area contributed by atoms with Crippen LogP contribution in [0.2, 0.25) is 0 Å². The van der Waals surface area contributed by atoms with Gasteiger partial charge in [0.1, 0.15) is 5.75 Å². The number of hydrogen-bond donors (Lipinski definition) is 2. The molecule has 0 atom stereocenters. The predicted octanol–water partition coefficient (Wildman–Crippen LogP) is 2.23. The summed E-state index contributed by atoms with van der Waals surface area (Å²) in [7, 11) is 1.55. The Kier molecular flexibility index (Phi) is 6.59. The maximum atomic E-state index is 12.4. The maximum absolute atomic E-state index is 12.4. The third kappa shape index (κ3) is 5.36. The van der Waals surface area contributed by atoms with Crippen LogP contribution < -0.4 is 15.8 Å². The molecule has 3 N–H and O–H groups in total. The second-order valence-corrected chi connectivity index (χ2v) is 6.10. The van der Waals surface area contributed by atoms with Crippen molar-refractivity contribution in [3.63, 3.8) is 0 Å². The highest BCUT2D eigenvalue weighted by Gasteiger charge is 2.15. The van der Waals surface area contributed by atoms with Crippen molar-refractivity contribution < 1.29 is 19.1 Å². The molecular formula is C18H18N2O4S. The van der Waals surface area contributed by atoms with E-state index in [1.807, 2.05) is 0 Å². The first-order chi connectivity index (χ1) is 12.0. The highest BCUT2D eigenvalue weighted by atomic mass is 32.2. The molecule has 130 valence electrons. The number of primary amides is 1. The van der Waals surface area contributed by atoms with E-state index in [4.69, 9.17) is 10.5 Å². The second kappa shape index (κ2) is 8.89. The van der Waals surface area contributed by atoms with Crippen LogP contribution >= 0.6 is 11.8 Å². The molecule has 0 radical (unpaired) electrons. The van der Waals surface area contributed by atoms with E-state index in [0.717, 1.165) is 11.8 Å². The molecule has 2 rings (SSSR count). The first-order valence-corrected chi connectivity index (χ1v) is 8.34. The van der Waals surface area contributed by atoms with Gasteiger partial charge in [-0.25, -0.2) is 0 Å². The van der Waals surface area contributed by atoms with Gasteiger partial charge in [0, 0.05) is 23.4 Å². The van der Waals surface area contributed by atoms with E-state index >= 15 is 0 Å². The fourth-order valence-corrected chi connectivity index (χ4v) is 2.89. The van der Waals surface area contributed by atoms with Crippen molar-refractivity contribution in [2.45, 2.75) is 11.3 Å². The summed E-state index contributed by atoms with van der Waals surface area (Å²) in [6.07, 6.45) is 0.0613. The Balaban J connectivity index is 2.09. The van der Waals surface area contributed by atoms with E-state index < -0.39 is 5.91 Å². The summed E-state index contributed by atoms with van der Waals surface area (Å²) in [6, 6.07) is 13.5. The zero-order valence-electron chi connectivity index (χ0n) is 13.7. The number of hydrogen-bond acceptors (Lipinski definition) is 5. The molecule has 0 aliphatic carbocycles. The number of carbonyl (C=O) groups excluding carboxylic acids is 3. The first kappa shape index (κ1) is 18.5. The van der Waals surface area contributed by atoms with E-state index in [1.165, 1.54) is 0 Å². The van der Waals surface area contributed by atoms with Crippen LogP contribution in [0.1, 0.15) is 27.1 Å². The molecule has 0 heterocycles. The number of nitrogens with one attached hydrogen (secondary N) is 1. The lowest BCUT2D eigenvalue weighted by Gasteiger charge is -2.09. The third-order valence-electron chi connectivity index (χ3n) is 3.32. The largest absolute Gasteiger partial charge is 0.497 e. The summed E-state index contributed by atoms with van der Waals surface area (Å²) >= 11 is 0.973. The van der Waals surface area contributed by atoms with Crippen LogP contribution in [0.3, 0.4) is 0 Å². The van der Waals surface area contributed by atoms with Gasteiger partial charge < -0.3 is 15.8 Å². The van der Waals surface area contributed by atoms with E-state index in [0.29, 0.717) is 21.8 Å². The molecule has 6 nitrogen and oxygen atoms in total. The van der Waals surface area contributed by atoms with Crippen LogP contribution in [-0.2, 0) is 4.79 Å². The fraction of sp³-hybridized carbons (Fsp3) is 0.167. The van der Waals surface area contributed by atoms with Crippen LogP contribution in [0.4, 0.5) is 0 Å². The van der Waals surface area contributed by atoms with Crippen LogP contribution in [0.5, 0.6) is 5.75 Å². The lowest BCUT2D eigenvalue weighted by atomic mass is 10.2. The van der Waals surface area contributed by atoms with Crippen molar-refractivity contribution in [1.82, 2.24) is 5.32 Å². The molecule has 0 spiro atoms. The number of amides is 2. The van der Waals surface area contributed by atoms with Gasteiger partial charge in [-0.2, -0.15) is 0 Å². The Morgan fingerprint density at radius 3 is 2.40 bits per heavy atom. The Hall–Kier alpha value is -2.80. The maximum Gasteiger partial charge on any atom is 0.252 e. The standard InChI is InChI=1S/C18H18N2O4S/c1-24-13-8-6-12(7-9-13)18(23)25-15-5-3-2-4-14(15)17(22)20-11-10-16(19)21/h2-9H,10-11H2,1H3,(H2,19,21)(H,20,22). The Bertz CT molecular complexity index is 775. The van der Waals surface area contributed by atoms with Crippen LogP contribution in [0.25, 0.3) is 0 Å². The quantitative estimate of drug-likeness (QED) is 0.740. The smallest absolute Gasteiger partial charge is 0.252 e. The van der Waals surface area contributed by atoms with E-state index in [2.05, 4.69) is 5.32 Å². The number of methoxy groups -OCH3 is 1. The Morgan fingerprint density at radius 2 is 1.76 bits per heavy atom. The third-order valence-corrected chi connectivity index (χ3v) is 4.31. The highest BCUT2D eigenvalue weighted by Crippen LogP contribution is 2.27. The SMILES string of the molecule is COc1ccc(C(=O)Sc2ccccc2C(=O)NCCC(N)=O)cc1. The number of thioether (sulfide) groups is 1. The summed E-state index contributed by atoms with van der Waals surface area (Å²) in [6.45, 7) is 0.152. The minimum Gasteiger partial charge on any atom is -0.497 e. The Morgan fingerprint density at radius 1 is 1.08 bits per heavy atom. The zero-order chi connectivity index (χ0) is 18.2. The summed E-state index contributed by atoms with van der Waals surface area (Å²) in [5.74, 6) is -0.180. The molecule has 25 heavy (non-hydrogen) atoms. The van der Waals surface area contributed by atoms with Crippen molar-refractivity contribution in [2.75, 3.05) is 13.7 Å². The molecule has 0 bridgehead atoms. The minimum absolute atomic E-state index is 0.0613. The van der Waals surface area contributed by atoms with Crippen molar-refractivity contribution in [1.29, 1.82) is 0 Å². The van der Waals surface area contributed by atoms with Gasteiger partial charge >= 0.3 is 0 Å². The van der Waals surface area contributed by atoms with Crippen molar-refractivity contribution in [2.24, 2.45) is 5.73 Å². The lowest BCUT2D eigenvalue weighted by molar-refractivity contribution is -0.117. The number of benzene rings is 2. The van der Waals surface area contributed by atoms with Gasteiger partial charge in [0.2, 0.25) is 11.0 Å². The average Bonchev–Trinajstić information content (AvgIpc) is 2.61. The van der Waals surface area contributed by atoms with Crippen LogP contribution in [0.15, 0.2) is 53.4 Å². The van der Waals surface area contributed by atoms with Gasteiger partial charge in [-0.05, 0) is 48.2 Å². The van der Waals surface area contributed by atoms with Crippen molar-refractivity contribution in [3.8, 4) is 5.75 Å². The number of ether oxygens (including phenoxy) is 1. The van der Waals surface area contributed by atoms with Gasteiger partial charge in [-0.1, -0.05) is 12.1 Å². The molecule has 7 heteroatoms. The first-order valence-electron chi connectivity index (χ1n) is 7.53. The van der Waals surface area contributed by atoms with Gasteiger partial charge in [0.15, 0.2) is 0 Å². The van der Waals surface area contributed by atoms with E-state index in [9.17, 15) is 14.4 Å². The van der Waals surface area contributed by atoms with E-state index in [1.54, 1.807) is 55.6 Å². The van der Waals surface area contributed by atoms with Crippen LogP contribution in [-0.4, -0.2) is 30.6 Å². The molecule has 2 aromatic rings. The summed E-state index contributed by atoms with van der Waals surface area (Å²) in [5, 5.41) is 2.44. The minimum atomic E-state index is -0.488. The van der Waals surface area contributed by atoms with Crippen LogP contribution in [0, 0.1) is 0 Å². The van der Waals surface area contributed by atoms with Crippen molar-refractivity contribution >= 4 is 28.7 Å². The number of carbonyl (C=O) groups is 3. The molecule has 0 aromatic heterocycles. The van der Waals surface area contributed by atoms with Crippen molar-refractivity contribution in [3.05, 3.63) is 59.7 Å². The second-order valence-electron chi connectivity index (χ2n) is 5.09. The highest BCUT2D eigenvalue weighted by molar-refractivity contribution is 8.14. The fourth-order valence-electron chi connectivity index (χ4n) is 2.02. The Labute approximate surface area is 149 Å². The molecule has 0 unspecified atom stereocenters. The lowest BCUT2D eigenvalue weighted by Crippen LogP contribution is -2.28. The molecule has 0 aliphatic heterocycles. The normalized spacial score (nSPS) is 10.1. The van der Waals surface area contributed by atoms with Gasteiger partial charge in [-0.3, -0.25) is 14.4 Å². The van der Waals surface area contributed by atoms with Gasteiger partial charge in [0.05, 0.1) is 12.7 Å². The summed E-state index contributed by atoms with van der Waals surface area (Å²) in [4.78, 5) is 36.0. The molecule has 0 saturated carbocycles. The molecule has 0 fully saturated rings. The topological polar surface area (TPSA) is 98.5 Å².